The first-order valence-electron chi connectivity index (χ1n) is 6.39. The van der Waals surface area contributed by atoms with Crippen molar-refractivity contribution in [2.75, 3.05) is 20.7 Å². The Bertz CT molecular complexity index is 476. The summed E-state index contributed by atoms with van der Waals surface area (Å²) in [6.07, 6.45) is 1.95. The van der Waals surface area contributed by atoms with Crippen molar-refractivity contribution in [2.45, 2.75) is 26.7 Å². The van der Waals surface area contributed by atoms with E-state index >= 15 is 0 Å². The molecule has 3 nitrogen and oxygen atoms in total. The fourth-order valence-corrected chi connectivity index (χ4v) is 2.65. The SMILES string of the molecule is CNCC1(C(=O)c2cc(C)cc(C)c2OC)CC1. The van der Waals surface area contributed by atoms with E-state index < -0.39 is 0 Å². The van der Waals surface area contributed by atoms with Crippen LogP contribution in [0.3, 0.4) is 0 Å². The molecule has 0 radical (unpaired) electrons. The number of ether oxygens (including phenoxy) is 1. The quantitative estimate of drug-likeness (QED) is 0.812. The predicted molar refractivity (Wildman–Crippen MR) is 72.4 cm³/mol. The van der Waals surface area contributed by atoms with Crippen molar-refractivity contribution in [3.8, 4) is 5.75 Å². The number of methoxy groups -OCH3 is 1. The van der Waals surface area contributed by atoms with Gasteiger partial charge in [0.15, 0.2) is 5.78 Å². The van der Waals surface area contributed by atoms with Crippen LogP contribution >= 0.6 is 0 Å². The Labute approximate surface area is 109 Å². The molecule has 18 heavy (non-hydrogen) atoms. The van der Waals surface area contributed by atoms with Gasteiger partial charge in [0.25, 0.3) is 0 Å². The van der Waals surface area contributed by atoms with Crippen LogP contribution in [0.2, 0.25) is 0 Å². The summed E-state index contributed by atoms with van der Waals surface area (Å²) in [4.78, 5) is 12.7. The van der Waals surface area contributed by atoms with E-state index in [2.05, 4.69) is 5.32 Å². The summed E-state index contributed by atoms with van der Waals surface area (Å²) in [7, 11) is 3.53. The number of hydrogen-bond donors (Lipinski definition) is 1. The number of hydrogen-bond acceptors (Lipinski definition) is 3. The molecule has 0 amide bonds. The summed E-state index contributed by atoms with van der Waals surface area (Å²) in [5, 5.41) is 3.13. The van der Waals surface area contributed by atoms with E-state index in [1.54, 1.807) is 7.11 Å². The van der Waals surface area contributed by atoms with E-state index in [0.29, 0.717) is 0 Å². The summed E-state index contributed by atoms with van der Waals surface area (Å²) < 4.78 is 5.41. The minimum Gasteiger partial charge on any atom is -0.496 e. The highest BCUT2D eigenvalue weighted by molar-refractivity contribution is 6.05. The van der Waals surface area contributed by atoms with Crippen molar-refractivity contribution in [3.63, 3.8) is 0 Å². The Morgan fingerprint density at radius 1 is 1.39 bits per heavy atom. The molecular formula is C15H21NO2. The van der Waals surface area contributed by atoms with Gasteiger partial charge in [-0.15, -0.1) is 0 Å². The zero-order chi connectivity index (χ0) is 13.3. The van der Waals surface area contributed by atoms with E-state index in [9.17, 15) is 4.79 Å². The van der Waals surface area contributed by atoms with Crippen molar-refractivity contribution in [2.24, 2.45) is 5.41 Å². The first-order valence-corrected chi connectivity index (χ1v) is 6.39. The highest BCUT2D eigenvalue weighted by Gasteiger charge is 2.49. The number of nitrogens with one attached hydrogen (secondary N) is 1. The second-order valence-corrected chi connectivity index (χ2v) is 5.30. The number of benzene rings is 1. The minimum atomic E-state index is -0.192. The monoisotopic (exact) mass is 247 g/mol. The first kappa shape index (κ1) is 13.1. The van der Waals surface area contributed by atoms with Gasteiger partial charge in [0.1, 0.15) is 5.75 Å². The molecule has 0 spiro atoms. The molecule has 0 aromatic heterocycles. The molecule has 1 fully saturated rings. The molecule has 1 aromatic carbocycles. The molecule has 98 valence electrons. The number of rotatable bonds is 5. The Kier molecular flexibility index (Phi) is 3.44. The lowest BCUT2D eigenvalue weighted by Gasteiger charge is -2.17. The van der Waals surface area contributed by atoms with Gasteiger partial charge in [-0.1, -0.05) is 6.07 Å². The molecule has 2 rings (SSSR count). The summed E-state index contributed by atoms with van der Waals surface area (Å²) in [5.74, 6) is 0.952. The third-order valence-corrected chi connectivity index (χ3v) is 3.72. The number of carbonyl (C=O) groups is 1. The molecule has 3 heteroatoms. The number of aryl methyl sites for hydroxylation is 2. The molecule has 0 atom stereocenters. The second kappa shape index (κ2) is 4.73. The van der Waals surface area contributed by atoms with Gasteiger partial charge in [-0.25, -0.2) is 0 Å². The van der Waals surface area contributed by atoms with E-state index in [1.165, 1.54) is 0 Å². The molecule has 1 saturated carbocycles. The Morgan fingerprint density at radius 3 is 2.56 bits per heavy atom. The molecule has 0 heterocycles. The lowest BCUT2D eigenvalue weighted by molar-refractivity contribution is 0.0897. The van der Waals surface area contributed by atoms with Crippen LogP contribution < -0.4 is 10.1 Å². The summed E-state index contributed by atoms with van der Waals surface area (Å²) in [6.45, 7) is 4.75. The average molecular weight is 247 g/mol. The fourth-order valence-electron chi connectivity index (χ4n) is 2.65. The van der Waals surface area contributed by atoms with E-state index in [4.69, 9.17) is 4.74 Å². The predicted octanol–water partition coefficient (Wildman–Crippen LogP) is 2.49. The number of carbonyl (C=O) groups excluding carboxylic acids is 1. The van der Waals surface area contributed by atoms with Gasteiger partial charge >= 0.3 is 0 Å². The van der Waals surface area contributed by atoms with Crippen LogP contribution in [0.1, 0.15) is 34.3 Å². The van der Waals surface area contributed by atoms with E-state index in [1.807, 2.05) is 33.0 Å². The number of ketones is 1. The fraction of sp³-hybridized carbons (Fsp3) is 0.533. The topological polar surface area (TPSA) is 38.3 Å². The van der Waals surface area contributed by atoms with Crippen LogP contribution in [0.5, 0.6) is 5.75 Å². The summed E-state index contributed by atoms with van der Waals surface area (Å²) in [5.41, 5.74) is 2.68. The van der Waals surface area contributed by atoms with Crippen LogP contribution in [-0.4, -0.2) is 26.5 Å². The van der Waals surface area contributed by atoms with Gasteiger partial charge in [-0.2, -0.15) is 0 Å². The van der Waals surface area contributed by atoms with Crippen LogP contribution in [0, 0.1) is 19.3 Å². The average Bonchev–Trinajstić information content (AvgIpc) is 3.08. The van der Waals surface area contributed by atoms with Crippen LogP contribution in [-0.2, 0) is 0 Å². The van der Waals surface area contributed by atoms with Gasteiger partial charge in [0.05, 0.1) is 12.7 Å². The van der Waals surface area contributed by atoms with Crippen molar-refractivity contribution in [1.29, 1.82) is 0 Å². The second-order valence-electron chi connectivity index (χ2n) is 5.30. The lowest BCUT2D eigenvalue weighted by atomic mass is 9.91. The molecule has 0 bridgehead atoms. The zero-order valence-corrected chi connectivity index (χ0v) is 11.6. The summed E-state index contributed by atoms with van der Waals surface area (Å²) in [6, 6.07) is 4.00. The van der Waals surface area contributed by atoms with Gasteiger partial charge in [0.2, 0.25) is 0 Å². The van der Waals surface area contributed by atoms with Gasteiger partial charge in [0, 0.05) is 12.0 Å². The van der Waals surface area contributed by atoms with Gasteiger partial charge < -0.3 is 10.1 Å². The molecule has 1 aliphatic carbocycles. The Hall–Kier alpha value is -1.35. The third kappa shape index (κ3) is 2.15. The highest BCUT2D eigenvalue weighted by atomic mass is 16.5. The van der Waals surface area contributed by atoms with Crippen molar-refractivity contribution in [3.05, 3.63) is 28.8 Å². The van der Waals surface area contributed by atoms with E-state index in [-0.39, 0.29) is 11.2 Å². The Balaban J connectivity index is 2.41. The van der Waals surface area contributed by atoms with Crippen molar-refractivity contribution in [1.82, 2.24) is 5.32 Å². The van der Waals surface area contributed by atoms with Gasteiger partial charge in [-0.3, -0.25) is 4.79 Å². The zero-order valence-electron chi connectivity index (χ0n) is 11.6. The first-order chi connectivity index (χ1) is 8.54. The maximum absolute atomic E-state index is 12.7. The highest BCUT2D eigenvalue weighted by Crippen LogP contribution is 2.49. The maximum atomic E-state index is 12.7. The summed E-state index contributed by atoms with van der Waals surface area (Å²) >= 11 is 0. The maximum Gasteiger partial charge on any atom is 0.174 e. The van der Waals surface area contributed by atoms with Crippen LogP contribution in [0.25, 0.3) is 0 Å². The lowest BCUT2D eigenvalue weighted by Crippen LogP contribution is -2.28. The van der Waals surface area contributed by atoms with Crippen molar-refractivity contribution >= 4 is 5.78 Å². The van der Waals surface area contributed by atoms with E-state index in [0.717, 1.165) is 41.8 Å². The normalized spacial score (nSPS) is 16.4. The molecule has 0 aliphatic heterocycles. The van der Waals surface area contributed by atoms with Crippen molar-refractivity contribution < 1.29 is 9.53 Å². The van der Waals surface area contributed by atoms with Crippen LogP contribution in [0.4, 0.5) is 0 Å². The smallest absolute Gasteiger partial charge is 0.174 e. The standard InChI is InChI=1S/C15H21NO2/c1-10-7-11(2)13(18-4)12(8-10)14(17)15(5-6-15)9-16-3/h7-8,16H,5-6,9H2,1-4H3. The van der Waals surface area contributed by atoms with Crippen LogP contribution in [0.15, 0.2) is 12.1 Å². The molecule has 1 aromatic rings. The number of Topliss-reactive ketones (excluding diaryl/α,β-unsaturated/α-hetero) is 1. The minimum absolute atomic E-state index is 0.192. The largest absolute Gasteiger partial charge is 0.496 e. The molecule has 1 aliphatic rings. The third-order valence-electron chi connectivity index (χ3n) is 3.72. The molecule has 0 unspecified atom stereocenters. The van der Waals surface area contributed by atoms with Gasteiger partial charge in [-0.05, 0) is 50.9 Å². The molecule has 0 saturated heterocycles. The molecular weight excluding hydrogens is 226 g/mol. The Morgan fingerprint density at radius 2 is 2.06 bits per heavy atom. The molecule has 1 N–H and O–H groups in total.